The average Bonchev–Trinajstić information content (AvgIpc) is 2.66. The molecule has 1 fully saturated rings. The van der Waals surface area contributed by atoms with Gasteiger partial charge in [0.15, 0.2) is 0 Å². The Hall–Kier alpha value is -0.380. The molecule has 1 saturated heterocycles. The van der Waals surface area contributed by atoms with E-state index in [2.05, 4.69) is 52.0 Å². The Morgan fingerprint density at radius 2 is 2.38 bits per heavy atom. The van der Waals surface area contributed by atoms with Gasteiger partial charge in [-0.05, 0) is 30.5 Å². The molecule has 2 nitrogen and oxygen atoms in total. The average molecular weight is 283 g/mol. The predicted octanol–water partition coefficient (Wildman–Crippen LogP) is 2.93. The van der Waals surface area contributed by atoms with Crippen molar-refractivity contribution in [3.8, 4) is 0 Å². The zero-order valence-corrected chi connectivity index (χ0v) is 11.3. The van der Waals surface area contributed by atoms with Crippen molar-refractivity contribution >= 4 is 15.9 Å². The highest BCUT2D eigenvalue weighted by atomic mass is 79.9. The Labute approximate surface area is 106 Å². The molecule has 0 bridgehead atoms. The molecule has 2 rings (SSSR count). The minimum absolute atomic E-state index is 0.362. The molecule has 1 heterocycles. The third-order valence-electron chi connectivity index (χ3n) is 3.32. The molecule has 2 N–H and O–H groups in total. The molecule has 0 amide bonds. The van der Waals surface area contributed by atoms with Gasteiger partial charge in [-0.15, -0.1) is 0 Å². The molecule has 0 radical (unpaired) electrons. The Morgan fingerprint density at radius 3 is 2.94 bits per heavy atom. The van der Waals surface area contributed by atoms with Crippen molar-refractivity contribution in [2.24, 2.45) is 5.73 Å². The smallest absolute Gasteiger partial charge is 0.0346 e. The first-order chi connectivity index (χ1) is 7.70. The first-order valence-electron chi connectivity index (χ1n) is 5.95. The number of rotatable bonds is 3. The van der Waals surface area contributed by atoms with Crippen molar-refractivity contribution in [1.82, 2.24) is 4.90 Å². The van der Waals surface area contributed by atoms with E-state index in [1.165, 1.54) is 5.56 Å². The van der Waals surface area contributed by atoms with Crippen LogP contribution >= 0.6 is 15.9 Å². The van der Waals surface area contributed by atoms with Gasteiger partial charge in [0.1, 0.15) is 0 Å². The molecule has 0 aromatic heterocycles. The summed E-state index contributed by atoms with van der Waals surface area (Å²) in [4.78, 5) is 2.51. The van der Waals surface area contributed by atoms with Gasteiger partial charge in [0.05, 0.1) is 0 Å². The number of hydrogen-bond acceptors (Lipinski definition) is 2. The topological polar surface area (TPSA) is 29.3 Å². The Kier molecular flexibility index (Phi) is 4.00. The minimum Gasteiger partial charge on any atom is -0.326 e. The van der Waals surface area contributed by atoms with E-state index in [9.17, 15) is 0 Å². The summed E-state index contributed by atoms with van der Waals surface area (Å²) in [5.41, 5.74) is 7.37. The third-order valence-corrected chi connectivity index (χ3v) is 3.81. The molecular formula is C13H19BrN2. The first kappa shape index (κ1) is 12.1. The van der Waals surface area contributed by atoms with E-state index in [0.717, 1.165) is 30.4 Å². The standard InChI is InChI=1S/C13H19BrN2/c1-2-13(16-7-6-12(15)9-16)10-4-3-5-11(14)8-10/h3-5,8,12-13H,2,6-7,9,15H2,1H3. The van der Waals surface area contributed by atoms with Crippen molar-refractivity contribution in [2.75, 3.05) is 13.1 Å². The SMILES string of the molecule is CCC(c1cccc(Br)c1)N1CCC(N)C1. The number of likely N-dealkylation sites (tertiary alicyclic amines) is 1. The van der Waals surface area contributed by atoms with Crippen LogP contribution in [0.4, 0.5) is 0 Å². The monoisotopic (exact) mass is 282 g/mol. The Balaban J connectivity index is 2.16. The molecule has 1 aromatic carbocycles. The maximum Gasteiger partial charge on any atom is 0.0346 e. The summed E-state index contributed by atoms with van der Waals surface area (Å²) in [5, 5.41) is 0. The highest BCUT2D eigenvalue weighted by molar-refractivity contribution is 9.10. The second-order valence-corrected chi connectivity index (χ2v) is 5.44. The van der Waals surface area contributed by atoms with Crippen LogP contribution in [0.3, 0.4) is 0 Å². The zero-order valence-electron chi connectivity index (χ0n) is 9.70. The van der Waals surface area contributed by atoms with Gasteiger partial charge in [-0.2, -0.15) is 0 Å². The molecule has 0 aliphatic carbocycles. The van der Waals surface area contributed by atoms with Crippen molar-refractivity contribution in [3.05, 3.63) is 34.3 Å². The van der Waals surface area contributed by atoms with E-state index in [0.29, 0.717) is 12.1 Å². The van der Waals surface area contributed by atoms with E-state index in [1.807, 2.05) is 0 Å². The van der Waals surface area contributed by atoms with Crippen LogP contribution in [0.2, 0.25) is 0 Å². The van der Waals surface area contributed by atoms with Crippen LogP contribution in [-0.2, 0) is 0 Å². The zero-order chi connectivity index (χ0) is 11.5. The molecule has 0 saturated carbocycles. The van der Waals surface area contributed by atoms with Gasteiger partial charge in [-0.1, -0.05) is 35.0 Å². The second kappa shape index (κ2) is 5.30. The Bertz CT molecular complexity index is 354. The molecule has 16 heavy (non-hydrogen) atoms. The summed E-state index contributed by atoms with van der Waals surface area (Å²) in [6, 6.07) is 9.50. The summed E-state index contributed by atoms with van der Waals surface area (Å²) in [6.45, 7) is 4.41. The number of nitrogens with zero attached hydrogens (tertiary/aromatic N) is 1. The van der Waals surface area contributed by atoms with Crippen LogP contribution in [0.5, 0.6) is 0 Å². The number of hydrogen-bond donors (Lipinski definition) is 1. The van der Waals surface area contributed by atoms with Crippen molar-refractivity contribution in [3.63, 3.8) is 0 Å². The number of benzene rings is 1. The maximum absolute atomic E-state index is 5.97. The van der Waals surface area contributed by atoms with Gasteiger partial charge in [0, 0.05) is 29.6 Å². The van der Waals surface area contributed by atoms with Gasteiger partial charge in [-0.3, -0.25) is 4.90 Å². The highest BCUT2D eigenvalue weighted by Gasteiger charge is 2.26. The van der Waals surface area contributed by atoms with Crippen molar-refractivity contribution in [2.45, 2.75) is 31.8 Å². The summed E-state index contributed by atoms with van der Waals surface area (Å²) < 4.78 is 1.16. The molecule has 2 unspecified atom stereocenters. The molecule has 1 aromatic rings. The summed E-state index contributed by atoms with van der Waals surface area (Å²) >= 11 is 3.54. The first-order valence-corrected chi connectivity index (χ1v) is 6.75. The van der Waals surface area contributed by atoms with Gasteiger partial charge in [-0.25, -0.2) is 0 Å². The van der Waals surface area contributed by atoms with E-state index in [1.54, 1.807) is 0 Å². The van der Waals surface area contributed by atoms with E-state index in [-0.39, 0.29) is 0 Å². The normalized spacial score (nSPS) is 23.6. The van der Waals surface area contributed by atoms with E-state index in [4.69, 9.17) is 5.73 Å². The van der Waals surface area contributed by atoms with Gasteiger partial charge >= 0.3 is 0 Å². The second-order valence-electron chi connectivity index (χ2n) is 4.52. The quantitative estimate of drug-likeness (QED) is 0.924. The van der Waals surface area contributed by atoms with Gasteiger partial charge in [0.25, 0.3) is 0 Å². The molecule has 1 aliphatic rings. The van der Waals surface area contributed by atoms with Crippen molar-refractivity contribution in [1.29, 1.82) is 0 Å². The predicted molar refractivity (Wildman–Crippen MR) is 71.3 cm³/mol. The van der Waals surface area contributed by atoms with Crippen LogP contribution in [0.25, 0.3) is 0 Å². The van der Waals surface area contributed by atoms with E-state index < -0.39 is 0 Å². The van der Waals surface area contributed by atoms with Crippen LogP contribution in [0, 0.1) is 0 Å². The molecule has 88 valence electrons. The minimum atomic E-state index is 0.362. The summed E-state index contributed by atoms with van der Waals surface area (Å²) in [5.74, 6) is 0. The van der Waals surface area contributed by atoms with Crippen molar-refractivity contribution < 1.29 is 0 Å². The largest absolute Gasteiger partial charge is 0.326 e. The van der Waals surface area contributed by atoms with Crippen LogP contribution < -0.4 is 5.73 Å². The van der Waals surface area contributed by atoms with Gasteiger partial charge < -0.3 is 5.73 Å². The molecular weight excluding hydrogens is 264 g/mol. The molecule has 3 heteroatoms. The number of halogens is 1. The molecule has 2 atom stereocenters. The van der Waals surface area contributed by atoms with Gasteiger partial charge in [0.2, 0.25) is 0 Å². The fraction of sp³-hybridized carbons (Fsp3) is 0.538. The van der Waals surface area contributed by atoms with Crippen LogP contribution in [0.15, 0.2) is 28.7 Å². The number of nitrogens with two attached hydrogens (primary N) is 1. The molecule has 1 aliphatic heterocycles. The third kappa shape index (κ3) is 2.65. The molecule has 0 spiro atoms. The lowest BCUT2D eigenvalue weighted by atomic mass is 10.0. The van der Waals surface area contributed by atoms with Crippen LogP contribution in [0.1, 0.15) is 31.4 Å². The maximum atomic E-state index is 5.97. The Morgan fingerprint density at radius 1 is 1.56 bits per heavy atom. The van der Waals surface area contributed by atoms with E-state index >= 15 is 0 Å². The van der Waals surface area contributed by atoms with Crippen LogP contribution in [-0.4, -0.2) is 24.0 Å². The lowest BCUT2D eigenvalue weighted by molar-refractivity contribution is 0.236. The summed E-state index contributed by atoms with van der Waals surface area (Å²) in [6.07, 6.45) is 2.27. The fourth-order valence-electron chi connectivity index (χ4n) is 2.52. The lowest BCUT2D eigenvalue weighted by Crippen LogP contribution is -2.29. The summed E-state index contributed by atoms with van der Waals surface area (Å²) in [7, 11) is 0. The lowest BCUT2D eigenvalue weighted by Gasteiger charge is -2.27. The highest BCUT2D eigenvalue weighted by Crippen LogP contribution is 2.28. The fourth-order valence-corrected chi connectivity index (χ4v) is 2.93.